The zero-order valence-corrected chi connectivity index (χ0v) is 17.4. The molecule has 0 saturated heterocycles. The zero-order chi connectivity index (χ0) is 22.5. The lowest BCUT2D eigenvalue weighted by Crippen LogP contribution is -2.20. The van der Waals surface area contributed by atoms with E-state index in [1.165, 1.54) is 0 Å². The Balaban J connectivity index is 1.56. The van der Waals surface area contributed by atoms with E-state index in [4.69, 9.17) is 4.74 Å². The van der Waals surface area contributed by atoms with E-state index < -0.39 is 23.4 Å². The van der Waals surface area contributed by atoms with Gasteiger partial charge in [-0.25, -0.2) is 4.79 Å². The minimum absolute atomic E-state index is 0.00381. The average Bonchev–Trinajstić information content (AvgIpc) is 3.01. The van der Waals surface area contributed by atoms with Crippen LogP contribution in [0.4, 0.5) is 11.4 Å². The highest BCUT2D eigenvalue weighted by Gasteiger charge is 2.21. The lowest BCUT2D eigenvalue weighted by molar-refractivity contribution is -0.386. The van der Waals surface area contributed by atoms with Crippen molar-refractivity contribution in [3.8, 4) is 0 Å². The maximum Gasteiger partial charge on any atom is 0.338 e. The van der Waals surface area contributed by atoms with Crippen LogP contribution in [0.1, 0.15) is 32.9 Å². The van der Waals surface area contributed by atoms with Gasteiger partial charge in [0.2, 0.25) is 0 Å². The zero-order valence-electron chi connectivity index (χ0n) is 17.4. The fourth-order valence-corrected chi connectivity index (χ4v) is 3.07. The number of ether oxygens (including phenoxy) is 1. The lowest BCUT2D eigenvalue weighted by Gasteiger charge is -2.08. The third kappa shape index (κ3) is 5.33. The van der Waals surface area contributed by atoms with Gasteiger partial charge in [0.25, 0.3) is 5.91 Å². The Morgan fingerprint density at radius 1 is 1.06 bits per heavy atom. The number of carbonyl (C=O) groups excluding carboxylic acids is 2. The summed E-state index contributed by atoms with van der Waals surface area (Å²) in [6.45, 7) is 5.11. The molecular weight excluding hydrogens is 400 g/mol. The molecule has 1 amide bonds. The standard InChI is InChI=1S/C22H22N4O5/c1-14-4-10-19(11-5-14)23-20(27)13-31-22(28)18-8-6-17(7-9-18)12-25-16(3)21(26(29)30)15(2)24-25/h4-11H,12-13H2,1-3H3,(H,23,27). The molecule has 9 heteroatoms. The van der Waals surface area contributed by atoms with Crippen molar-refractivity contribution >= 4 is 23.3 Å². The number of benzene rings is 2. The molecule has 160 valence electrons. The van der Waals surface area contributed by atoms with Crippen LogP contribution >= 0.6 is 0 Å². The number of amides is 1. The summed E-state index contributed by atoms with van der Waals surface area (Å²) in [7, 11) is 0. The second-order valence-corrected chi connectivity index (χ2v) is 7.12. The normalized spacial score (nSPS) is 10.5. The highest BCUT2D eigenvalue weighted by atomic mass is 16.6. The summed E-state index contributed by atoms with van der Waals surface area (Å²) < 4.78 is 6.62. The molecule has 0 aliphatic carbocycles. The van der Waals surface area contributed by atoms with Crippen molar-refractivity contribution in [2.45, 2.75) is 27.3 Å². The second kappa shape index (κ2) is 9.21. The van der Waals surface area contributed by atoms with Crippen LogP contribution in [0, 0.1) is 30.9 Å². The quantitative estimate of drug-likeness (QED) is 0.353. The molecule has 3 rings (SSSR count). The lowest BCUT2D eigenvalue weighted by atomic mass is 10.1. The van der Waals surface area contributed by atoms with E-state index in [2.05, 4.69) is 10.4 Å². The number of carbonyl (C=O) groups is 2. The van der Waals surface area contributed by atoms with Gasteiger partial charge < -0.3 is 10.1 Å². The van der Waals surface area contributed by atoms with Crippen LogP contribution in [0.15, 0.2) is 48.5 Å². The summed E-state index contributed by atoms with van der Waals surface area (Å²) in [6, 6.07) is 13.9. The van der Waals surface area contributed by atoms with Gasteiger partial charge in [-0.2, -0.15) is 5.10 Å². The summed E-state index contributed by atoms with van der Waals surface area (Å²) in [5, 5.41) is 18.0. The van der Waals surface area contributed by atoms with Gasteiger partial charge in [0.1, 0.15) is 11.4 Å². The minimum Gasteiger partial charge on any atom is -0.452 e. The molecule has 0 aliphatic heterocycles. The second-order valence-electron chi connectivity index (χ2n) is 7.12. The van der Waals surface area contributed by atoms with Gasteiger partial charge in [0.05, 0.1) is 17.0 Å². The van der Waals surface area contributed by atoms with Gasteiger partial charge in [0, 0.05) is 5.69 Å². The molecule has 1 N–H and O–H groups in total. The SMILES string of the molecule is Cc1ccc(NC(=O)COC(=O)c2ccc(Cn3nc(C)c([N+](=O)[O-])c3C)cc2)cc1. The average molecular weight is 422 g/mol. The van der Waals surface area contributed by atoms with E-state index >= 15 is 0 Å². The number of hydrogen-bond acceptors (Lipinski definition) is 6. The van der Waals surface area contributed by atoms with E-state index in [0.29, 0.717) is 29.2 Å². The van der Waals surface area contributed by atoms with Crippen LogP contribution in [0.3, 0.4) is 0 Å². The van der Waals surface area contributed by atoms with Crippen LogP contribution < -0.4 is 5.32 Å². The maximum atomic E-state index is 12.2. The Morgan fingerprint density at radius 3 is 2.29 bits per heavy atom. The molecule has 1 heterocycles. The summed E-state index contributed by atoms with van der Waals surface area (Å²) in [5.74, 6) is -1.05. The number of nitrogens with zero attached hydrogens (tertiary/aromatic N) is 3. The number of rotatable bonds is 7. The van der Waals surface area contributed by atoms with Crippen molar-refractivity contribution in [3.05, 3.63) is 86.7 Å². The van der Waals surface area contributed by atoms with E-state index in [1.54, 1.807) is 54.9 Å². The van der Waals surface area contributed by atoms with Crippen molar-refractivity contribution in [3.63, 3.8) is 0 Å². The fourth-order valence-electron chi connectivity index (χ4n) is 3.07. The number of nitro groups is 1. The smallest absolute Gasteiger partial charge is 0.338 e. The first-order valence-electron chi connectivity index (χ1n) is 9.55. The highest BCUT2D eigenvalue weighted by molar-refractivity contribution is 5.95. The molecule has 0 aliphatic rings. The summed E-state index contributed by atoms with van der Waals surface area (Å²) >= 11 is 0. The first-order valence-corrected chi connectivity index (χ1v) is 9.55. The van der Waals surface area contributed by atoms with Gasteiger partial charge in [-0.1, -0.05) is 29.8 Å². The Morgan fingerprint density at radius 2 is 1.71 bits per heavy atom. The number of anilines is 1. The molecular formula is C22H22N4O5. The Bertz CT molecular complexity index is 1120. The Hall–Kier alpha value is -4.01. The Kier molecular flexibility index (Phi) is 6.44. The predicted octanol–water partition coefficient (Wildman–Crippen LogP) is 3.56. The minimum atomic E-state index is -0.618. The van der Waals surface area contributed by atoms with Gasteiger partial charge in [-0.05, 0) is 50.6 Å². The predicted molar refractivity (Wildman–Crippen MR) is 114 cm³/mol. The molecule has 0 saturated carbocycles. The van der Waals surface area contributed by atoms with E-state index in [1.807, 2.05) is 19.1 Å². The molecule has 2 aromatic carbocycles. The molecule has 0 bridgehead atoms. The number of hydrogen-bond donors (Lipinski definition) is 1. The fraction of sp³-hybridized carbons (Fsp3) is 0.227. The third-order valence-electron chi connectivity index (χ3n) is 4.72. The molecule has 1 aromatic heterocycles. The van der Waals surface area contributed by atoms with E-state index in [-0.39, 0.29) is 5.69 Å². The summed E-state index contributed by atoms with van der Waals surface area (Å²) in [4.78, 5) is 34.8. The summed E-state index contributed by atoms with van der Waals surface area (Å²) in [6.07, 6.45) is 0. The van der Waals surface area contributed by atoms with Crippen LogP contribution in [0.25, 0.3) is 0 Å². The third-order valence-corrected chi connectivity index (χ3v) is 4.72. The molecule has 0 fully saturated rings. The van der Waals surface area contributed by atoms with Gasteiger partial charge in [-0.3, -0.25) is 19.6 Å². The van der Waals surface area contributed by atoms with Crippen molar-refractivity contribution in [1.82, 2.24) is 9.78 Å². The van der Waals surface area contributed by atoms with Gasteiger partial charge in [0.15, 0.2) is 6.61 Å². The van der Waals surface area contributed by atoms with E-state index in [9.17, 15) is 19.7 Å². The largest absolute Gasteiger partial charge is 0.452 e. The van der Waals surface area contributed by atoms with Crippen molar-refractivity contribution < 1.29 is 19.2 Å². The molecule has 0 radical (unpaired) electrons. The van der Waals surface area contributed by atoms with Gasteiger partial charge >= 0.3 is 11.7 Å². The van der Waals surface area contributed by atoms with Crippen molar-refractivity contribution in [2.24, 2.45) is 0 Å². The molecule has 0 atom stereocenters. The number of nitrogens with one attached hydrogen (secondary N) is 1. The van der Waals surface area contributed by atoms with Crippen molar-refractivity contribution in [2.75, 3.05) is 11.9 Å². The Labute approximate surface area is 178 Å². The van der Waals surface area contributed by atoms with Gasteiger partial charge in [-0.15, -0.1) is 0 Å². The van der Waals surface area contributed by atoms with Crippen LogP contribution in [0.2, 0.25) is 0 Å². The molecule has 31 heavy (non-hydrogen) atoms. The first kappa shape index (κ1) is 21.7. The number of aryl methyl sites for hydroxylation is 2. The molecule has 0 spiro atoms. The van der Waals surface area contributed by atoms with Crippen LogP contribution in [-0.2, 0) is 16.1 Å². The number of esters is 1. The number of aromatic nitrogens is 2. The maximum absolute atomic E-state index is 12.2. The first-order chi connectivity index (χ1) is 14.7. The van der Waals surface area contributed by atoms with Crippen LogP contribution in [-0.4, -0.2) is 33.2 Å². The molecule has 9 nitrogen and oxygen atoms in total. The summed E-state index contributed by atoms with van der Waals surface area (Å²) in [5.41, 5.74) is 3.63. The topological polar surface area (TPSA) is 116 Å². The van der Waals surface area contributed by atoms with E-state index in [0.717, 1.165) is 11.1 Å². The molecule has 0 unspecified atom stereocenters. The van der Waals surface area contributed by atoms with Crippen molar-refractivity contribution in [1.29, 1.82) is 0 Å². The monoisotopic (exact) mass is 422 g/mol. The van der Waals surface area contributed by atoms with Crippen LogP contribution in [0.5, 0.6) is 0 Å². The highest BCUT2D eigenvalue weighted by Crippen LogP contribution is 2.22. The molecule has 3 aromatic rings.